The Morgan fingerprint density at radius 3 is 2.46 bits per heavy atom. The zero-order chi connectivity index (χ0) is 16.9. The Morgan fingerprint density at radius 2 is 1.75 bits per heavy atom. The number of aromatic nitrogens is 1. The van der Waals surface area contributed by atoms with E-state index in [-0.39, 0.29) is 5.91 Å². The van der Waals surface area contributed by atoms with E-state index < -0.39 is 0 Å². The number of anilines is 1. The van der Waals surface area contributed by atoms with Crippen LogP contribution in [0.25, 0.3) is 0 Å². The lowest BCUT2D eigenvalue weighted by Crippen LogP contribution is -2.12. The SMILES string of the molecule is Cc1ccc(C(=O)Nc2cccnc2Oc2ccc(Cl)cc2)cc1. The third kappa shape index (κ3) is 3.91. The van der Waals surface area contributed by atoms with Crippen LogP contribution in [-0.4, -0.2) is 10.9 Å². The van der Waals surface area contributed by atoms with Crippen molar-refractivity contribution in [3.8, 4) is 11.6 Å². The topological polar surface area (TPSA) is 51.2 Å². The van der Waals surface area contributed by atoms with E-state index in [2.05, 4.69) is 10.3 Å². The first-order valence-corrected chi connectivity index (χ1v) is 7.76. The maximum absolute atomic E-state index is 12.4. The lowest BCUT2D eigenvalue weighted by atomic mass is 10.1. The number of carbonyl (C=O) groups is 1. The molecule has 0 aliphatic carbocycles. The molecule has 24 heavy (non-hydrogen) atoms. The van der Waals surface area contributed by atoms with Gasteiger partial charge in [-0.1, -0.05) is 29.3 Å². The lowest BCUT2D eigenvalue weighted by molar-refractivity contribution is 0.102. The summed E-state index contributed by atoms with van der Waals surface area (Å²) in [5.74, 6) is 0.688. The van der Waals surface area contributed by atoms with Crippen molar-refractivity contribution in [2.24, 2.45) is 0 Å². The third-order valence-electron chi connectivity index (χ3n) is 3.36. The lowest BCUT2D eigenvalue weighted by Gasteiger charge is -2.11. The molecule has 1 aromatic heterocycles. The van der Waals surface area contributed by atoms with Crippen molar-refractivity contribution in [1.29, 1.82) is 0 Å². The summed E-state index contributed by atoms with van der Waals surface area (Å²) < 4.78 is 5.74. The van der Waals surface area contributed by atoms with Gasteiger partial charge < -0.3 is 10.1 Å². The van der Waals surface area contributed by atoms with Crippen LogP contribution in [0.4, 0.5) is 5.69 Å². The molecule has 3 aromatic rings. The Kier molecular flexibility index (Phi) is 4.77. The normalized spacial score (nSPS) is 10.2. The zero-order valence-corrected chi connectivity index (χ0v) is 13.7. The number of benzene rings is 2. The second-order valence-corrected chi connectivity index (χ2v) is 5.67. The van der Waals surface area contributed by atoms with Crippen molar-refractivity contribution in [3.05, 3.63) is 83.0 Å². The number of nitrogens with one attached hydrogen (secondary N) is 1. The van der Waals surface area contributed by atoms with Gasteiger partial charge in [-0.15, -0.1) is 0 Å². The van der Waals surface area contributed by atoms with Gasteiger partial charge in [0.2, 0.25) is 5.88 Å². The smallest absolute Gasteiger partial charge is 0.255 e. The number of carbonyl (C=O) groups excluding carboxylic acids is 1. The minimum Gasteiger partial charge on any atom is -0.437 e. The van der Waals surface area contributed by atoms with Gasteiger partial charge in [0.25, 0.3) is 5.91 Å². The van der Waals surface area contributed by atoms with Crippen LogP contribution in [0, 0.1) is 6.92 Å². The van der Waals surface area contributed by atoms with E-state index in [1.54, 1.807) is 54.7 Å². The fourth-order valence-electron chi connectivity index (χ4n) is 2.08. The maximum atomic E-state index is 12.4. The number of hydrogen-bond acceptors (Lipinski definition) is 3. The van der Waals surface area contributed by atoms with Crippen molar-refractivity contribution in [3.63, 3.8) is 0 Å². The first-order valence-electron chi connectivity index (χ1n) is 7.38. The van der Waals surface area contributed by atoms with Gasteiger partial charge in [-0.05, 0) is 55.5 Å². The fourth-order valence-corrected chi connectivity index (χ4v) is 2.21. The molecule has 0 aliphatic heterocycles. The molecule has 0 saturated heterocycles. The summed E-state index contributed by atoms with van der Waals surface area (Å²) in [4.78, 5) is 16.6. The minimum atomic E-state index is -0.219. The highest BCUT2D eigenvalue weighted by Crippen LogP contribution is 2.28. The Balaban J connectivity index is 1.79. The van der Waals surface area contributed by atoms with Crippen LogP contribution >= 0.6 is 11.6 Å². The van der Waals surface area contributed by atoms with Crippen LogP contribution in [-0.2, 0) is 0 Å². The van der Waals surface area contributed by atoms with Gasteiger partial charge in [0.15, 0.2) is 0 Å². The van der Waals surface area contributed by atoms with Crippen LogP contribution < -0.4 is 10.1 Å². The predicted molar refractivity (Wildman–Crippen MR) is 94.9 cm³/mol. The van der Waals surface area contributed by atoms with Crippen LogP contribution in [0.5, 0.6) is 11.6 Å². The summed E-state index contributed by atoms with van der Waals surface area (Å²) in [5, 5.41) is 3.45. The Morgan fingerprint density at radius 1 is 1.04 bits per heavy atom. The predicted octanol–water partition coefficient (Wildman–Crippen LogP) is 5.09. The number of rotatable bonds is 4. The molecule has 4 nitrogen and oxygen atoms in total. The molecule has 0 spiro atoms. The molecule has 2 aromatic carbocycles. The Labute approximate surface area is 145 Å². The Bertz CT molecular complexity index is 846. The average Bonchev–Trinajstić information content (AvgIpc) is 2.59. The number of halogens is 1. The van der Waals surface area contributed by atoms with Crippen LogP contribution in [0.15, 0.2) is 66.9 Å². The van der Waals surface area contributed by atoms with E-state index in [9.17, 15) is 4.79 Å². The van der Waals surface area contributed by atoms with Crippen molar-refractivity contribution < 1.29 is 9.53 Å². The zero-order valence-electron chi connectivity index (χ0n) is 13.0. The second kappa shape index (κ2) is 7.15. The van der Waals surface area contributed by atoms with E-state index in [4.69, 9.17) is 16.3 Å². The summed E-state index contributed by atoms with van der Waals surface area (Å²) in [6.45, 7) is 1.97. The van der Waals surface area contributed by atoms with Crippen molar-refractivity contribution in [2.45, 2.75) is 6.92 Å². The molecule has 120 valence electrons. The molecule has 0 fully saturated rings. The van der Waals surface area contributed by atoms with E-state index in [1.165, 1.54) is 0 Å². The first kappa shape index (κ1) is 16.0. The molecule has 3 rings (SSSR count). The molecule has 0 bridgehead atoms. The standard InChI is InChI=1S/C19H15ClN2O2/c1-13-4-6-14(7-5-13)18(23)22-17-3-2-12-21-19(17)24-16-10-8-15(20)9-11-16/h2-12H,1H3,(H,22,23). The molecule has 0 atom stereocenters. The molecule has 1 heterocycles. The van der Waals surface area contributed by atoms with Gasteiger partial charge in [0.1, 0.15) is 11.4 Å². The number of nitrogens with zero attached hydrogens (tertiary/aromatic N) is 1. The molecular weight excluding hydrogens is 324 g/mol. The van der Waals surface area contributed by atoms with E-state index >= 15 is 0 Å². The highest BCUT2D eigenvalue weighted by atomic mass is 35.5. The van der Waals surface area contributed by atoms with Gasteiger partial charge >= 0.3 is 0 Å². The highest BCUT2D eigenvalue weighted by Gasteiger charge is 2.11. The van der Waals surface area contributed by atoms with E-state index in [0.717, 1.165) is 5.56 Å². The summed E-state index contributed by atoms with van der Waals surface area (Å²) in [6, 6.07) is 17.7. The summed E-state index contributed by atoms with van der Waals surface area (Å²) in [6.07, 6.45) is 1.60. The molecule has 1 N–H and O–H groups in total. The molecule has 0 saturated carbocycles. The Hall–Kier alpha value is -2.85. The fraction of sp³-hybridized carbons (Fsp3) is 0.0526. The maximum Gasteiger partial charge on any atom is 0.255 e. The van der Waals surface area contributed by atoms with Gasteiger partial charge in [0.05, 0.1) is 0 Å². The molecule has 1 amide bonds. The number of hydrogen-bond donors (Lipinski definition) is 1. The first-order chi connectivity index (χ1) is 11.6. The monoisotopic (exact) mass is 338 g/mol. The molecule has 0 aliphatic rings. The van der Waals surface area contributed by atoms with Crippen molar-refractivity contribution >= 4 is 23.2 Å². The number of ether oxygens (including phenoxy) is 1. The van der Waals surface area contributed by atoms with Gasteiger partial charge in [-0.25, -0.2) is 4.98 Å². The molecule has 5 heteroatoms. The van der Waals surface area contributed by atoms with Crippen LogP contribution in [0.1, 0.15) is 15.9 Å². The van der Waals surface area contributed by atoms with Crippen molar-refractivity contribution in [1.82, 2.24) is 4.98 Å². The summed E-state index contributed by atoms with van der Waals surface area (Å²) in [7, 11) is 0. The van der Waals surface area contributed by atoms with Crippen molar-refractivity contribution in [2.75, 3.05) is 5.32 Å². The largest absolute Gasteiger partial charge is 0.437 e. The van der Waals surface area contributed by atoms with Crippen LogP contribution in [0.2, 0.25) is 5.02 Å². The van der Waals surface area contributed by atoms with E-state index in [0.29, 0.717) is 27.9 Å². The molecule has 0 radical (unpaired) electrons. The highest BCUT2D eigenvalue weighted by molar-refractivity contribution is 6.30. The van der Waals surface area contributed by atoms with Gasteiger partial charge in [-0.3, -0.25) is 4.79 Å². The number of amides is 1. The molecule has 0 unspecified atom stereocenters. The number of pyridine rings is 1. The van der Waals surface area contributed by atoms with E-state index in [1.807, 2.05) is 19.1 Å². The quantitative estimate of drug-likeness (QED) is 0.721. The van der Waals surface area contributed by atoms with Gasteiger partial charge in [-0.2, -0.15) is 0 Å². The third-order valence-corrected chi connectivity index (χ3v) is 3.61. The summed E-state index contributed by atoms with van der Waals surface area (Å²) in [5.41, 5.74) is 2.17. The molecular formula is C19H15ClN2O2. The minimum absolute atomic E-state index is 0.219. The second-order valence-electron chi connectivity index (χ2n) is 5.23. The van der Waals surface area contributed by atoms with Crippen LogP contribution in [0.3, 0.4) is 0 Å². The van der Waals surface area contributed by atoms with Gasteiger partial charge in [0, 0.05) is 16.8 Å². The average molecular weight is 339 g/mol. The summed E-state index contributed by atoms with van der Waals surface area (Å²) >= 11 is 5.87. The number of aryl methyl sites for hydroxylation is 1.